The van der Waals surface area contributed by atoms with E-state index in [4.69, 9.17) is 23.2 Å². The summed E-state index contributed by atoms with van der Waals surface area (Å²) in [6.07, 6.45) is 2.04. The van der Waals surface area contributed by atoms with Crippen LogP contribution in [0.3, 0.4) is 0 Å². The summed E-state index contributed by atoms with van der Waals surface area (Å²) in [6, 6.07) is 3.38. The number of hydrogen-bond donors (Lipinski definition) is 2. The molecule has 1 aromatic carbocycles. The van der Waals surface area contributed by atoms with Gasteiger partial charge in [0.05, 0.1) is 10.6 Å². The summed E-state index contributed by atoms with van der Waals surface area (Å²) in [4.78, 5) is 39.2. The summed E-state index contributed by atoms with van der Waals surface area (Å²) in [7, 11) is 0. The van der Waals surface area contributed by atoms with Gasteiger partial charge < -0.3 is 15.5 Å². The first-order valence-corrected chi connectivity index (χ1v) is 9.87. The maximum Gasteiger partial charge on any atom is 0.256 e. The number of rotatable bonds is 6. The summed E-state index contributed by atoms with van der Waals surface area (Å²) in [5.74, 6) is -0.922. The van der Waals surface area contributed by atoms with Crippen molar-refractivity contribution in [3.05, 3.63) is 33.8 Å². The van der Waals surface area contributed by atoms with Crippen LogP contribution in [0.2, 0.25) is 10.0 Å². The van der Waals surface area contributed by atoms with Crippen molar-refractivity contribution in [2.24, 2.45) is 0 Å². The van der Waals surface area contributed by atoms with Crippen molar-refractivity contribution in [3.63, 3.8) is 0 Å². The van der Waals surface area contributed by atoms with E-state index in [0.717, 1.165) is 6.42 Å². The lowest BCUT2D eigenvalue weighted by Crippen LogP contribution is -2.53. The molecule has 3 amide bonds. The second kappa shape index (κ2) is 9.42. The molecule has 0 radical (unpaired) electrons. The minimum atomic E-state index is -0.682. The highest BCUT2D eigenvalue weighted by molar-refractivity contribution is 6.35. The smallest absolute Gasteiger partial charge is 0.256 e. The lowest BCUT2D eigenvalue weighted by molar-refractivity contribution is -0.130. The molecular weight excluding hydrogens is 389 g/mol. The number of nitrogens with zero attached hydrogens (tertiary/aromatic N) is 1. The van der Waals surface area contributed by atoms with Gasteiger partial charge in [-0.15, -0.1) is 0 Å². The van der Waals surface area contributed by atoms with Gasteiger partial charge in [0.15, 0.2) is 0 Å². The number of carbonyl (C=O) groups excluding carboxylic acids is 3. The zero-order valence-electron chi connectivity index (χ0n) is 15.7. The van der Waals surface area contributed by atoms with E-state index in [1.165, 1.54) is 11.0 Å². The molecule has 1 aliphatic heterocycles. The average Bonchev–Trinajstić information content (AvgIpc) is 3.12. The predicted molar refractivity (Wildman–Crippen MR) is 106 cm³/mol. The number of benzene rings is 1. The molecule has 6 nitrogen and oxygen atoms in total. The number of hydrogen-bond acceptors (Lipinski definition) is 3. The van der Waals surface area contributed by atoms with E-state index in [-0.39, 0.29) is 34.3 Å². The molecule has 1 saturated heterocycles. The van der Waals surface area contributed by atoms with E-state index in [1.54, 1.807) is 19.1 Å². The lowest BCUT2D eigenvalue weighted by atomic mass is 10.1. The SMILES string of the molecule is CCC(C)NC(=O)C(C)NC(=O)C1CCCN1C(=O)c1cc(Cl)ccc1Cl. The summed E-state index contributed by atoms with van der Waals surface area (Å²) >= 11 is 12.1. The van der Waals surface area contributed by atoms with Gasteiger partial charge in [0, 0.05) is 17.6 Å². The molecule has 27 heavy (non-hydrogen) atoms. The van der Waals surface area contributed by atoms with Crippen molar-refractivity contribution in [2.45, 2.75) is 58.2 Å². The van der Waals surface area contributed by atoms with Crippen molar-refractivity contribution >= 4 is 40.9 Å². The molecule has 1 aromatic rings. The molecule has 1 heterocycles. The Bertz CT molecular complexity index is 726. The second-order valence-corrected chi connectivity index (χ2v) is 7.67. The van der Waals surface area contributed by atoms with Crippen LogP contribution in [-0.4, -0.2) is 47.3 Å². The molecule has 2 rings (SSSR count). The fourth-order valence-corrected chi connectivity index (χ4v) is 3.31. The van der Waals surface area contributed by atoms with Gasteiger partial charge in [0.1, 0.15) is 12.1 Å². The first-order chi connectivity index (χ1) is 12.7. The third kappa shape index (κ3) is 5.36. The molecule has 0 bridgehead atoms. The Labute approximate surface area is 169 Å². The highest BCUT2D eigenvalue weighted by Crippen LogP contribution is 2.26. The maximum absolute atomic E-state index is 12.9. The minimum absolute atomic E-state index is 0.0337. The number of carbonyl (C=O) groups is 3. The standard InChI is InChI=1S/C19H25Cl2N3O3/c1-4-11(2)22-17(25)12(3)23-18(26)16-6-5-9-24(16)19(27)14-10-13(20)7-8-15(14)21/h7-8,10-12,16H,4-6,9H2,1-3H3,(H,22,25)(H,23,26). The molecule has 3 atom stereocenters. The van der Waals surface area contributed by atoms with Crippen LogP contribution in [0.25, 0.3) is 0 Å². The average molecular weight is 414 g/mol. The van der Waals surface area contributed by atoms with Gasteiger partial charge in [-0.05, 0) is 51.3 Å². The Balaban J connectivity index is 2.06. The normalized spacial score (nSPS) is 18.7. The van der Waals surface area contributed by atoms with Crippen LogP contribution >= 0.6 is 23.2 Å². The molecular formula is C19H25Cl2N3O3. The predicted octanol–water partition coefficient (Wildman–Crippen LogP) is 3.02. The quantitative estimate of drug-likeness (QED) is 0.751. The molecule has 2 N–H and O–H groups in total. The molecule has 1 fully saturated rings. The van der Waals surface area contributed by atoms with E-state index in [9.17, 15) is 14.4 Å². The van der Waals surface area contributed by atoms with Gasteiger partial charge in [0.2, 0.25) is 11.8 Å². The van der Waals surface area contributed by atoms with E-state index < -0.39 is 12.1 Å². The Hall–Kier alpha value is -1.79. The van der Waals surface area contributed by atoms with E-state index in [2.05, 4.69) is 10.6 Å². The molecule has 0 saturated carbocycles. The fraction of sp³-hybridized carbons (Fsp3) is 0.526. The van der Waals surface area contributed by atoms with Gasteiger partial charge in [0.25, 0.3) is 5.91 Å². The van der Waals surface area contributed by atoms with E-state index in [0.29, 0.717) is 24.4 Å². The van der Waals surface area contributed by atoms with Gasteiger partial charge in [-0.2, -0.15) is 0 Å². The van der Waals surface area contributed by atoms with Gasteiger partial charge in [-0.3, -0.25) is 14.4 Å². The van der Waals surface area contributed by atoms with Crippen LogP contribution in [-0.2, 0) is 9.59 Å². The molecule has 1 aliphatic rings. The van der Waals surface area contributed by atoms with Crippen molar-refractivity contribution in [1.82, 2.24) is 15.5 Å². The first-order valence-electron chi connectivity index (χ1n) is 9.11. The molecule has 0 aliphatic carbocycles. The summed E-state index contributed by atoms with van der Waals surface area (Å²) < 4.78 is 0. The third-order valence-corrected chi connectivity index (χ3v) is 5.29. The highest BCUT2D eigenvalue weighted by atomic mass is 35.5. The van der Waals surface area contributed by atoms with Crippen LogP contribution in [0, 0.1) is 0 Å². The zero-order valence-corrected chi connectivity index (χ0v) is 17.2. The number of halogens is 2. The van der Waals surface area contributed by atoms with Crippen molar-refractivity contribution in [2.75, 3.05) is 6.54 Å². The van der Waals surface area contributed by atoms with Crippen molar-refractivity contribution < 1.29 is 14.4 Å². The summed E-state index contributed by atoms with van der Waals surface area (Å²) in [6.45, 7) is 5.95. The van der Waals surface area contributed by atoms with Crippen LogP contribution in [0.15, 0.2) is 18.2 Å². The minimum Gasteiger partial charge on any atom is -0.352 e. The third-order valence-electron chi connectivity index (χ3n) is 4.73. The molecule has 8 heteroatoms. The number of amides is 3. The van der Waals surface area contributed by atoms with E-state index in [1.807, 2.05) is 13.8 Å². The molecule has 148 valence electrons. The van der Waals surface area contributed by atoms with Gasteiger partial charge in [-0.25, -0.2) is 0 Å². The van der Waals surface area contributed by atoms with Crippen LogP contribution in [0.4, 0.5) is 0 Å². The zero-order chi connectivity index (χ0) is 20.1. The van der Waals surface area contributed by atoms with Crippen LogP contribution < -0.4 is 10.6 Å². The summed E-state index contributed by atoms with van der Waals surface area (Å²) in [5, 5.41) is 6.23. The highest BCUT2D eigenvalue weighted by Gasteiger charge is 2.36. The fourth-order valence-electron chi connectivity index (χ4n) is 2.94. The van der Waals surface area contributed by atoms with Crippen LogP contribution in [0.1, 0.15) is 50.4 Å². The topological polar surface area (TPSA) is 78.5 Å². The van der Waals surface area contributed by atoms with Crippen molar-refractivity contribution in [1.29, 1.82) is 0 Å². The maximum atomic E-state index is 12.9. The van der Waals surface area contributed by atoms with Gasteiger partial charge in [-0.1, -0.05) is 30.1 Å². The van der Waals surface area contributed by atoms with Crippen LogP contribution in [0.5, 0.6) is 0 Å². The number of likely N-dealkylation sites (tertiary alicyclic amines) is 1. The van der Waals surface area contributed by atoms with Crippen molar-refractivity contribution in [3.8, 4) is 0 Å². The Kier molecular flexibility index (Phi) is 7.50. The van der Waals surface area contributed by atoms with Gasteiger partial charge >= 0.3 is 0 Å². The molecule has 0 spiro atoms. The largest absolute Gasteiger partial charge is 0.352 e. The lowest BCUT2D eigenvalue weighted by Gasteiger charge is -2.26. The Morgan fingerprint density at radius 3 is 2.59 bits per heavy atom. The number of nitrogens with one attached hydrogen (secondary N) is 2. The molecule has 0 aromatic heterocycles. The second-order valence-electron chi connectivity index (χ2n) is 6.83. The first kappa shape index (κ1) is 21.5. The summed E-state index contributed by atoms with van der Waals surface area (Å²) in [5.41, 5.74) is 0.270. The Morgan fingerprint density at radius 2 is 1.93 bits per heavy atom. The van der Waals surface area contributed by atoms with E-state index >= 15 is 0 Å². The Morgan fingerprint density at radius 1 is 1.22 bits per heavy atom. The monoisotopic (exact) mass is 413 g/mol. The molecule has 3 unspecified atom stereocenters.